The lowest BCUT2D eigenvalue weighted by Gasteiger charge is -2.27. The summed E-state index contributed by atoms with van der Waals surface area (Å²) in [6, 6.07) is 44.9. The van der Waals surface area contributed by atoms with Gasteiger partial charge in [-0.3, -0.25) is 0 Å². The molecule has 1 nitrogen and oxygen atoms in total. The van der Waals surface area contributed by atoms with Crippen molar-refractivity contribution in [3.8, 4) is 5.69 Å². The largest absolute Gasteiger partial charge is 0.309 e. The van der Waals surface area contributed by atoms with Crippen molar-refractivity contribution in [2.45, 2.75) is 51.9 Å². The van der Waals surface area contributed by atoms with Crippen LogP contribution in [0, 0.1) is 0 Å². The molecule has 0 atom stereocenters. The zero-order valence-corrected chi connectivity index (χ0v) is 24.7. The van der Waals surface area contributed by atoms with Crippen molar-refractivity contribution in [3.05, 3.63) is 138 Å². The van der Waals surface area contributed by atoms with E-state index in [1.54, 1.807) is 0 Å². The maximum atomic E-state index is 2.46. The van der Waals surface area contributed by atoms with Crippen molar-refractivity contribution in [3.63, 3.8) is 0 Å². The fourth-order valence-electron chi connectivity index (χ4n) is 6.94. The second-order valence-electron chi connectivity index (χ2n) is 13.2. The van der Waals surface area contributed by atoms with Gasteiger partial charge in [-0.25, -0.2) is 0 Å². The highest BCUT2D eigenvalue weighted by Gasteiger charge is 2.26. The van der Waals surface area contributed by atoms with Crippen molar-refractivity contribution in [1.29, 1.82) is 0 Å². The number of hydrogen-bond acceptors (Lipinski definition) is 0. The highest BCUT2D eigenvalue weighted by Crippen LogP contribution is 2.41. The lowest BCUT2D eigenvalue weighted by atomic mass is 9.76. The predicted octanol–water partition coefficient (Wildman–Crippen LogP) is 10.9. The number of rotatable bonds is 4. The maximum Gasteiger partial charge on any atom is 0.0544 e. The average Bonchev–Trinajstić information content (AvgIpc) is 3.30. The van der Waals surface area contributed by atoms with Crippen LogP contribution >= 0.6 is 0 Å². The molecule has 1 heteroatoms. The molecule has 0 aliphatic heterocycles. The third-order valence-corrected chi connectivity index (χ3v) is 8.84. The zero-order valence-electron chi connectivity index (χ0n) is 24.7. The summed E-state index contributed by atoms with van der Waals surface area (Å²) >= 11 is 0. The van der Waals surface area contributed by atoms with Gasteiger partial charge in [-0.2, -0.15) is 0 Å². The van der Waals surface area contributed by atoms with E-state index in [0.29, 0.717) is 0 Å². The summed E-state index contributed by atoms with van der Waals surface area (Å²) < 4.78 is 2.46. The van der Waals surface area contributed by atoms with E-state index in [2.05, 4.69) is 161 Å². The van der Waals surface area contributed by atoms with E-state index in [-0.39, 0.29) is 10.8 Å². The van der Waals surface area contributed by atoms with Gasteiger partial charge in [-0.05, 0) is 79.8 Å². The fourth-order valence-corrected chi connectivity index (χ4v) is 6.94. The topological polar surface area (TPSA) is 4.93 Å². The van der Waals surface area contributed by atoms with Gasteiger partial charge in [0.25, 0.3) is 0 Å². The molecular weight excluding hydrogens is 494 g/mol. The third-order valence-electron chi connectivity index (χ3n) is 8.84. The van der Waals surface area contributed by atoms with Crippen LogP contribution in [0.3, 0.4) is 0 Å². The first-order valence-electron chi connectivity index (χ1n) is 14.8. The molecule has 6 aromatic carbocycles. The molecular formula is C40H37N. The van der Waals surface area contributed by atoms with Gasteiger partial charge in [-0.1, -0.05) is 132 Å². The first-order valence-corrected chi connectivity index (χ1v) is 14.8. The Morgan fingerprint density at radius 1 is 0.512 bits per heavy atom. The molecule has 0 bridgehead atoms. The summed E-state index contributed by atoms with van der Waals surface area (Å²) in [5.41, 5.74) is 7.92. The van der Waals surface area contributed by atoms with Crippen LogP contribution in [-0.4, -0.2) is 4.57 Å². The number of para-hydroxylation sites is 1. The van der Waals surface area contributed by atoms with E-state index in [1.165, 1.54) is 65.7 Å². The average molecular weight is 532 g/mol. The van der Waals surface area contributed by atoms with Gasteiger partial charge in [-0.15, -0.1) is 0 Å². The second kappa shape index (κ2) is 9.35. The normalized spacial score (nSPS) is 12.6. The number of fused-ring (bicyclic) bond motifs is 6. The number of aromatic nitrogens is 1. The summed E-state index contributed by atoms with van der Waals surface area (Å²) in [4.78, 5) is 0. The summed E-state index contributed by atoms with van der Waals surface area (Å²) in [7, 11) is 0. The van der Waals surface area contributed by atoms with Gasteiger partial charge < -0.3 is 4.57 Å². The van der Waals surface area contributed by atoms with Crippen molar-refractivity contribution in [2.75, 3.05) is 0 Å². The lowest BCUT2D eigenvalue weighted by molar-refractivity contribution is 0.527. The van der Waals surface area contributed by atoms with Crippen molar-refractivity contribution >= 4 is 43.4 Å². The predicted molar refractivity (Wildman–Crippen MR) is 178 cm³/mol. The van der Waals surface area contributed by atoms with Gasteiger partial charge in [0.2, 0.25) is 0 Å². The number of nitrogens with zero attached hydrogens (tertiary/aromatic N) is 1. The molecule has 0 fully saturated rings. The Balaban J connectivity index is 1.41. The molecule has 0 unspecified atom stereocenters. The van der Waals surface area contributed by atoms with Crippen molar-refractivity contribution in [2.24, 2.45) is 0 Å². The molecule has 0 spiro atoms. The lowest BCUT2D eigenvalue weighted by Crippen LogP contribution is -2.21. The van der Waals surface area contributed by atoms with Crippen LogP contribution in [0.1, 0.15) is 51.3 Å². The summed E-state index contributed by atoms with van der Waals surface area (Å²) in [5, 5.41) is 8.00. The molecule has 0 radical (unpaired) electrons. The zero-order chi connectivity index (χ0) is 28.4. The first kappa shape index (κ1) is 25.6. The van der Waals surface area contributed by atoms with Crippen LogP contribution in [-0.2, 0) is 17.3 Å². The molecule has 0 aliphatic rings. The molecule has 7 rings (SSSR count). The van der Waals surface area contributed by atoms with E-state index in [9.17, 15) is 0 Å². The van der Waals surface area contributed by atoms with E-state index in [4.69, 9.17) is 0 Å². The molecule has 1 aromatic heterocycles. The molecule has 0 saturated carbocycles. The molecule has 0 aliphatic carbocycles. The van der Waals surface area contributed by atoms with Gasteiger partial charge in [0, 0.05) is 16.5 Å². The van der Waals surface area contributed by atoms with Crippen LogP contribution in [0.5, 0.6) is 0 Å². The molecule has 41 heavy (non-hydrogen) atoms. The minimum Gasteiger partial charge on any atom is -0.309 e. The minimum atomic E-state index is -0.0458. The van der Waals surface area contributed by atoms with E-state index in [1.807, 2.05) is 0 Å². The second-order valence-corrected chi connectivity index (χ2v) is 13.2. The van der Waals surface area contributed by atoms with Crippen LogP contribution in [0.2, 0.25) is 0 Å². The Kier molecular flexibility index (Phi) is 5.84. The van der Waals surface area contributed by atoms with Crippen LogP contribution in [0.15, 0.2) is 121 Å². The summed E-state index contributed by atoms with van der Waals surface area (Å²) in [6.07, 6.45) is 0.956. The highest BCUT2D eigenvalue weighted by atomic mass is 15.0. The molecule has 0 saturated heterocycles. The quantitative estimate of drug-likeness (QED) is 0.199. The Hall–Kier alpha value is -4.36. The molecule has 7 aromatic rings. The molecule has 1 heterocycles. The Bertz CT molecular complexity index is 2070. The standard InChI is InChI=1S/C40H37N/c1-39(2,3)35-19-12-20-36-38(35)33-23-21-27(25-37(33)41(36)29-14-7-6-8-15-29)26-40(4,5)34-18-11-17-31-30-16-10-9-13-28(30)22-24-32(31)34/h6-25H,26H2,1-5H3. The summed E-state index contributed by atoms with van der Waals surface area (Å²) in [5.74, 6) is 0. The SMILES string of the molecule is CC(C)(C)c1cccc2c1c1ccc(CC(C)(C)c3cccc4c3ccc3ccccc34)cc1n2-c1ccccc1. The Morgan fingerprint density at radius 2 is 1.20 bits per heavy atom. The van der Waals surface area contributed by atoms with Crippen LogP contribution < -0.4 is 0 Å². The Labute approximate surface area is 243 Å². The van der Waals surface area contributed by atoms with Crippen molar-refractivity contribution < 1.29 is 0 Å². The van der Waals surface area contributed by atoms with Gasteiger partial charge in [0.15, 0.2) is 0 Å². The molecule has 202 valence electrons. The van der Waals surface area contributed by atoms with E-state index >= 15 is 0 Å². The minimum absolute atomic E-state index is 0.0458. The highest BCUT2D eigenvalue weighted by molar-refractivity contribution is 6.11. The van der Waals surface area contributed by atoms with Gasteiger partial charge in [0.05, 0.1) is 11.0 Å². The smallest absolute Gasteiger partial charge is 0.0544 e. The number of benzene rings is 6. The van der Waals surface area contributed by atoms with Crippen molar-refractivity contribution in [1.82, 2.24) is 4.57 Å². The van der Waals surface area contributed by atoms with Crippen LogP contribution in [0.4, 0.5) is 0 Å². The van der Waals surface area contributed by atoms with Crippen LogP contribution in [0.25, 0.3) is 49.0 Å². The number of hydrogen-bond donors (Lipinski definition) is 0. The Morgan fingerprint density at radius 3 is 2.00 bits per heavy atom. The van der Waals surface area contributed by atoms with E-state index in [0.717, 1.165) is 6.42 Å². The fraction of sp³-hybridized carbons (Fsp3) is 0.200. The maximum absolute atomic E-state index is 2.46. The van der Waals surface area contributed by atoms with Gasteiger partial charge in [0.1, 0.15) is 0 Å². The van der Waals surface area contributed by atoms with E-state index < -0.39 is 0 Å². The first-order chi connectivity index (χ1) is 19.7. The van der Waals surface area contributed by atoms with Gasteiger partial charge >= 0.3 is 0 Å². The molecule has 0 N–H and O–H groups in total. The monoisotopic (exact) mass is 531 g/mol. The molecule has 0 amide bonds. The third kappa shape index (κ3) is 4.23. The summed E-state index contributed by atoms with van der Waals surface area (Å²) in [6.45, 7) is 11.7.